The van der Waals surface area contributed by atoms with Crippen LogP contribution < -0.4 is 0 Å². The number of amides is 1. The molecule has 0 aromatic carbocycles. The van der Waals surface area contributed by atoms with Gasteiger partial charge >= 0.3 is 6.09 Å². The number of nitrogens with zero attached hydrogens (tertiary/aromatic N) is 2. The van der Waals surface area contributed by atoms with Crippen molar-refractivity contribution in [2.24, 2.45) is 16.7 Å². The molecular weight excluding hydrogens is 264 g/mol. The highest BCUT2D eigenvalue weighted by molar-refractivity contribution is 5.65. The van der Waals surface area contributed by atoms with Gasteiger partial charge in [-0.2, -0.15) is 5.26 Å². The number of nitriles is 1. The van der Waals surface area contributed by atoms with E-state index in [1.54, 1.807) is 4.90 Å². The van der Waals surface area contributed by atoms with Crippen molar-refractivity contribution in [3.05, 3.63) is 0 Å². The SMILES string of the molecule is CC(C)(C)C1CC(CC#N)(C2CCCC2)CCN1C(=O)O. The van der Waals surface area contributed by atoms with E-state index in [1.807, 2.05) is 0 Å². The van der Waals surface area contributed by atoms with Gasteiger partial charge < -0.3 is 10.0 Å². The molecule has 1 aliphatic heterocycles. The second-order valence-electron chi connectivity index (χ2n) is 7.99. The summed E-state index contributed by atoms with van der Waals surface area (Å²) in [5, 5.41) is 18.8. The second kappa shape index (κ2) is 5.87. The van der Waals surface area contributed by atoms with Gasteiger partial charge in [0.25, 0.3) is 0 Å². The molecule has 4 nitrogen and oxygen atoms in total. The molecule has 2 rings (SSSR count). The predicted molar refractivity (Wildman–Crippen MR) is 81.8 cm³/mol. The van der Waals surface area contributed by atoms with Crippen LogP contribution in [0.15, 0.2) is 0 Å². The molecule has 1 heterocycles. The molecule has 2 unspecified atom stereocenters. The van der Waals surface area contributed by atoms with Crippen molar-refractivity contribution < 1.29 is 9.90 Å². The third-order valence-electron chi connectivity index (χ3n) is 5.72. The minimum absolute atomic E-state index is 0.0118. The Kier molecular flexibility index (Phi) is 4.51. The van der Waals surface area contributed by atoms with Gasteiger partial charge in [0.05, 0.1) is 6.07 Å². The maximum Gasteiger partial charge on any atom is 0.407 e. The van der Waals surface area contributed by atoms with Crippen molar-refractivity contribution in [2.45, 2.75) is 71.8 Å². The third-order valence-corrected chi connectivity index (χ3v) is 5.72. The summed E-state index contributed by atoms with van der Waals surface area (Å²) in [5.74, 6) is 0.609. The predicted octanol–water partition coefficient (Wildman–Crippen LogP) is 4.27. The highest BCUT2D eigenvalue weighted by Gasteiger charge is 2.49. The summed E-state index contributed by atoms with van der Waals surface area (Å²) in [7, 11) is 0. The first-order chi connectivity index (χ1) is 9.80. The Balaban J connectivity index is 2.28. The van der Waals surface area contributed by atoms with Crippen LogP contribution in [0.1, 0.15) is 65.7 Å². The van der Waals surface area contributed by atoms with Gasteiger partial charge in [-0.1, -0.05) is 33.6 Å². The van der Waals surface area contributed by atoms with Crippen LogP contribution in [0, 0.1) is 28.1 Å². The molecule has 1 saturated carbocycles. The van der Waals surface area contributed by atoms with Crippen LogP contribution in [-0.2, 0) is 0 Å². The van der Waals surface area contributed by atoms with Crippen molar-refractivity contribution in [1.29, 1.82) is 5.26 Å². The summed E-state index contributed by atoms with van der Waals surface area (Å²) < 4.78 is 0. The van der Waals surface area contributed by atoms with E-state index in [4.69, 9.17) is 0 Å². The first-order valence-electron chi connectivity index (χ1n) is 8.17. The van der Waals surface area contributed by atoms with Gasteiger partial charge in [0.2, 0.25) is 0 Å². The van der Waals surface area contributed by atoms with Crippen molar-refractivity contribution in [1.82, 2.24) is 4.90 Å². The molecule has 1 saturated heterocycles. The van der Waals surface area contributed by atoms with E-state index in [9.17, 15) is 15.2 Å². The van der Waals surface area contributed by atoms with Crippen LogP contribution in [-0.4, -0.2) is 28.7 Å². The number of carboxylic acid groups (broad SMARTS) is 1. The Morgan fingerprint density at radius 1 is 1.38 bits per heavy atom. The summed E-state index contributed by atoms with van der Waals surface area (Å²) in [6, 6.07) is 2.42. The number of carbonyl (C=O) groups is 1. The molecule has 118 valence electrons. The molecule has 21 heavy (non-hydrogen) atoms. The lowest BCUT2D eigenvalue weighted by Crippen LogP contribution is -2.55. The van der Waals surface area contributed by atoms with Crippen LogP contribution in [0.4, 0.5) is 4.79 Å². The fraction of sp³-hybridized carbons (Fsp3) is 0.882. The molecule has 2 atom stereocenters. The van der Waals surface area contributed by atoms with Gasteiger partial charge in [-0.05, 0) is 42.4 Å². The van der Waals surface area contributed by atoms with E-state index >= 15 is 0 Å². The molecule has 1 amide bonds. The summed E-state index contributed by atoms with van der Waals surface area (Å²) in [6.45, 7) is 6.93. The van der Waals surface area contributed by atoms with E-state index < -0.39 is 6.09 Å². The topological polar surface area (TPSA) is 64.3 Å². The molecule has 0 aromatic heterocycles. The van der Waals surface area contributed by atoms with Crippen molar-refractivity contribution in [3.8, 4) is 6.07 Å². The number of likely N-dealkylation sites (tertiary alicyclic amines) is 1. The van der Waals surface area contributed by atoms with E-state index in [2.05, 4.69) is 26.8 Å². The van der Waals surface area contributed by atoms with E-state index in [1.165, 1.54) is 25.7 Å². The van der Waals surface area contributed by atoms with Crippen molar-refractivity contribution in [3.63, 3.8) is 0 Å². The highest BCUT2D eigenvalue weighted by atomic mass is 16.4. The van der Waals surface area contributed by atoms with Gasteiger partial charge in [-0.25, -0.2) is 4.79 Å². The minimum atomic E-state index is -0.813. The molecule has 4 heteroatoms. The zero-order valence-corrected chi connectivity index (χ0v) is 13.6. The summed E-state index contributed by atoms with van der Waals surface area (Å²) in [5.41, 5.74) is -0.0483. The number of hydrogen-bond acceptors (Lipinski definition) is 2. The molecule has 1 aliphatic carbocycles. The summed E-state index contributed by atoms with van der Waals surface area (Å²) in [4.78, 5) is 13.2. The largest absolute Gasteiger partial charge is 0.465 e. The number of hydrogen-bond donors (Lipinski definition) is 1. The molecule has 0 spiro atoms. The molecule has 2 fully saturated rings. The standard InChI is InChI=1S/C17H28N2O2/c1-16(2,3)14-12-17(8-10-18,13-6-4-5-7-13)9-11-19(14)15(20)21/h13-14H,4-9,11-12H2,1-3H3,(H,20,21). The zero-order chi connectivity index (χ0) is 15.7. The maximum absolute atomic E-state index is 11.6. The summed E-state index contributed by atoms with van der Waals surface area (Å²) >= 11 is 0. The van der Waals surface area contributed by atoms with Crippen molar-refractivity contribution in [2.75, 3.05) is 6.54 Å². The lowest BCUT2D eigenvalue weighted by molar-refractivity contribution is -0.0208. The Hall–Kier alpha value is -1.24. The monoisotopic (exact) mass is 292 g/mol. The van der Waals surface area contributed by atoms with Crippen molar-refractivity contribution >= 4 is 6.09 Å². The molecule has 1 N–H and O–H groups in total. The normalized spacial score (nSPS) is 31.1. The first-order valence-corrected chi connectivity index (χ1v) is 8.17. The first kappa shape index (κ1) is 16.1. The van der Waals surface area contributed by atoms with E-state index in [0.29, 0.717) is 18.9 Å². The molecule has 0 aromatic rings. The molecule has 0 bridgehead atoms. The third kappa shape index (κ3) is 3.17. The number of piperidine rings is 1. The maximum atomic E-state index is 11.6. The van der Waals surface area contributed by atoms with Crippen LogP contribution in [0.25, 0.3) is 0 Å². The molecular formula is C17H28N2O2. The van der Waals surface area contributed by atoms with Gasteiger partial charge in [0, 0.05) is 19.0 Å². The average molecular weight is 292 g/mol. The Morgan fingerprint density at radius 3 is 2.48 bits per heavy atom. The van der Waals surface area contributed by atoms with Crippen LogP contribution >= 0.6 is 0 Å². The highest BCUT2D eigenvalue weighted by Crippen LogP contribution is 2.52. The minimum Gasteiger partial charge on any atom is -0.465 e. The average Bonchev–Trinajstić information content (AvgIpc) is 2.92. The Labute approximate surface area is 128 Å². The quantitative estimate of drug-likeness (QED) is 0.826. The number of rotatable bonds is 2. The van der Waals surface area contributed by atoms with Gasteiger partial charge in [-0.3, -0.25) is 0 Å². The van der Waals surface area contributed by atoms with Gasteiger partial charge in [0.1, 0.15) is 0 Å². The van der Waals surface area contributed by atoms with Crippen LogP contribution in [0.3, 0.4) is 0 Å². The van der Waals surface area contributed by atoms with E-state index in [0.717, 1.165) is 12.8 Å². The second-order valence-corrected chi connectivity index (χ2v) is 7.99. The van der Waals surface area contributed by atoms with Crippen LogP contribution in [0.2, 0.25) is 0 Å². The zero-order valence-electron chi connectivity index (χ0n) is 13.6. The lowest BCUT2D eigenvalue weighted by atomic mass is 9.61. The fourth-order valence-electron chi connectivity index (χ4n) is 4.47. The fourth-order valence-corrected chi connectivity index (χ4v) is 4.47. The van der Waals surface area contributed by atoms with Gasteiger partial charge in [0.15, 0.2) is 0 Å². The molecule has 2 aliphatic rings. The Morgan fingerprint density at radius 2 is 2.00 bits per heavy atom. The smallest absolute Gasteiger partial charge is 0.407 e. The Bertz CT molecular complexity index is 429. The molecule has 0 radical (unpaired) electrons. The van der Waals surface area contributed by atoms with Gasteiger partial charge in [-0.15, -0.1) is 0 Å². The summed E-state index contributed by atoms with van der Waals surface area (Å²) in [6.07, 6.45) is 6.42. The van der Waals surface area contributed by atoms with E-state index in [-0.39, 0.29) is 16.9 Å². The van der Waals surface area contributed by atoms with Crippen LogP contribution in [0.5, 0.6) is 0 Å². The lowest BCUT2D eigenvalue weighted by Gasteiger charge is -2.52.